The van der Waals surface area contributed by atoms with Crippen molar-refractivity contribution < 1.29 is 132 Å². The zero-order valence-electron chi connectivity index (χ0n) is 25.5. The van der Waals surface area contributed by atoms with Crippen LogP contribution in [0.2, 0.25) is 0 Å². The highest BCUT2D eigenvalue weighted by Gasteiger charge is 3.02. The number of alkyl halides is 28. The minimum absolute atomic E-state index is 0.0863. The fourth-order valence-corrected chi connectivity index (χ4v) is 9.56. The number of fused-ring (bicyclic) bond motifs is 4. The lowest BCUT2D eigenvalue weighted by atomic mass is 9.76. The summed E-state index contributed by atoms with van der Waals surface area (Å²) in [5, 5.41) is -5.63. The number of rotatable bonds is 8. The van der Waals surface area contributed by atoms with Gasteiger partial charge in [0.1, 0.15) is 0 Å². The normalized spacial score (nSPS) is 19.9. The summed E-state index contributed by atoms with van der Waals surface area (Å²) < 4.78 is 413. The van der Waals surface area contributed by atoms with E-state index in [0.717, 1.165) is 0 Å². The number of halogens is 28. The maximum absolute atomic E-state index is 15.9. The van der Waals surface area contributed by atoms with Crippen molar-refractivity contribution in [3.05, 3.63) is 59.7 Å². The first-order chi connectivity index (χ1) is 24.9. The van der Waals surface area contributed by atoms with E-state index >= 15 is 35.1 Å². The van der Waals surface area contributed by atoms with Gasteiger partial charge in [-0.2, -0.15) is 132 Å². The minimum Gasteiger partial charge on any atom is -0.195 e. The number of hydrogen-bond acceptors (Lipinski definition) is 2. The molecule has 0 aliphatic carbocycles. The highest BCUT2D eigenvalue weighted by atomic mass is 31.2. The first-order valence-electron chi connectivity index (χ1n) is 13.7. The second-order valence-electron chi connectivity index (χ2n) is 11.7. The Bertz CT molecular complexity index is 1670. The minimum atomic E-state index is -8.60. The molecule has 0 atom stereocenters. The molecule has 2 nitrogen and oxygen atoms in total. The average Bonchev–Trinajstić information content (AvgIpc) is 3.51. The standard InChI is InChI=1S/C26H8F28O2P/c27-15(28,19(35,36)23(43,44)45)13(16(29,30)20(37,38)24(46,47)48)9-5-1-3-7-11(9)57(55-13)12-8-4-2-6-10(12)14(56-57,17(31,32)21(39,40)25(49,50)51)18(33,34)22(41,42)26(52,53)54/h1-8H/q+1. The van der Waals surface area contributed by atoms with E-state index in [1.165, 1.54) is 0 Å². The molecule has 2 aromatic carbocycles. The van der Waals surface area contributed by atoms with E-state index in [-0.39, 0.29) is 24.3 Å². The summed E-state index contributed by atoms with van der Waals surface area (Å²) in [6, 6.07) is -3.90. The lowest BCUT2D eigenvalue weighted by Crippen LogP contribution is -2.74. The zero-order valence-corrected chi connectivity index (χ0v) is 26.4. The van der Waals surface area contributed by atoms with Gasteiger partial charge in [0.2, 0.25) is 0 Å². The van der Waals surface area contributed by atoms with Crippen LogP contribution in [-0.2, 0) is 20.2 Å². The Morgan fingerprint density at radius 3 is 0.702 bits per heavy atom. The molecule has 2 aromatic rings. The summed E-state index contributed by atoms with van der Waals surface area (Å²) in [6.45, 7) is 0. The topological polar surface area (TPSA) is 18.5 Å². The Kier molecular flexibility index (Phi) is 9.78. The Morgan fingerprint density at radius 1 is 0.316 bits per heavy atom. The molecule has 0 saturated carbocycles. The number of hydrogen-bond donors (Lipinski definition) is 0. The van der Waals surface area contributed by atoms with Crippen LogP contribution in [0.25, 0.3) is 0 Å². The van der Waals surface area contributed by atoms with Crippen molar-refractivity contribution in [2.24, 2.45) is 0 Å². The molecule has 2 aliphatic heterocycles. The predicted octanol–water partition coefficient (Wildman–Crippen LogP) is 11.3. The molecule has 0 fully saturated rings. The van der Waals surface area contributed by atoms with Crippen molar-refractivity contribution in [2.75, 3.05) is 0 Å². The maximum Gasteiger partial charge on any atom is 0.460 e. The third-order valence-corrected chi connectivity index (χ3v) is 11.6. The number of benzene rings is 2. The van der Waals surface area contributed by atoms with Crippen LogP contribution in [0.5, 0.6) is 0 Å². The van der Waals surface area contributed by atoms with E-state index in [4.69, 9.17) is 0 Å². The molecule has 1 spiro atoms. The zero-order chi connectivity index (χ0) is 44.9. The Hall–Kier alpha value is -3.17. The van der Waals surface area contributed by atoms with E-state index in [2.05, 4.69) is 9.05 Å². The molecule has 2 aliphatic rings. The van der Waals surface area contributed by atoms with Crippen LogP contribution in [0.1, 0.15) is 11.1 Å². The fourth-order valence-electron chi connectivity index (χ4n) is 5.78. The molecule has 324 valence electrons. The van der Waals surface area contributed by atoms with Gasteiger partial charge >= 0.3 is 79.8 Å². The van der Waals surface area contributed by atoms with E-state index in [0.29, 0.717) is 0 Å². The Labute approximate surface area is 294 Å². The summed E-state index contributed by atoms with van der Waals surface area (Å²) in [4.78, 5) is 0. The second-order valence-corrected chi connectivity index (χ2v) is 14.1. The van der Waals surface area contributed by atoms with Gasteiger partial charge in [0.05, 0.1) is 0 Å². The lowest BCUT2D eigenvalue weighted by Gasteiger charge is -2.46. The molecule has 0 amide bonds. The van der Waals surface area contributed by atoms with Gasteiger partial charge in [-0.1, -0.05) is 36.4 Å². The van der Waals surface area contributed by atoms with Crippen LogP contribution >= 0.6 is 7.72 Å². The van der Waals surface area contributed by atoms with Gasteiger partial charge in [-0.15, -0.1) is 0 Å². The molecule has 0 unspecified atom stereocenters. The molecule has 0 N–H and O–H groups in total. The van der Waals surface area contributed by atoms with Crippen LogP contribution in [-0.4, -0.2) is 72.1 Å². The van der Waals surface area contributed by atoms with E-state index in [1.807, 2.05) is 0 Å². The quantitative estimate of drug-likeness (QED) is 0.194. The van der Waals surface area contributed by atoms with Crippen molar-refractivity contribution in [1.82, 2.24) is 0 Å². The SMILES string of the molecule is FC(F)(F)C(F)(F)C(F)(F)C1(C(F)(F)C(F)(F)C(F)(F)F)O[P+]2(OC(C(F)(F)C(F)(F)C(F)(F)F)(C(F)(F)C(F)(F)C(F)(F)F)c3ccccc32)c2ccccc21. The Balaban J connectivity index is 2.39. The first kappa shape index (κ1) is 46.5. The molecule has 0 radical (unpaired) electrons. The second kappa shape index (κ2) is 12.0. The van der Waals surface area contributed by atoms with E-state index in [9.17, 15) is 87.8 Å². The summed E-state index contributed by atoms with van der Waals surface area (Å²) in [5.74, 6) is -68.5. The molecule has 4 rings (SSSR count). The summed E-state index contributed by atoms with van der Waals surface area (Å²) >= 11 is 0. The van der Waals surface area contributed by atoms with Crippen LogP contribution in [0.15, 0.2) is 48.5 Å². The van der Waals surface area contributed by atoms with Crippen LogP contribution in [0.3, 0.4) is 0 Å². The maximum atomic E-state index is 15.9. The van der Waals surface area contributed by atoms with Gasteiger partial charge in [0, 0.05) is 11.1 Å². The molecular formula is C26H8F28O2P+. The molecule has 0 saturated heterocycles. The van der Waals surface area contributed by atoms with Crippen molar-refractivity contribution in [1.29, 1.82) is 0 Å². The van der Waals surface area contributed by atoms with Crippen molar-refractivity contribution in [3.63, 3.8) is 0 Å². The third kappa shape index (κ3) is 5.15. The van der Waals surface area contributed by atoms with Crippen LogP contribution < -0.4 is 10.6 Å². The summed E-state index contributed by atoms with van der Waals surface area (Å²) in [5.41, 5.74) is -22.3. The monoisotopic (exact) mass is 915 g/mol. The van der Waals surface area contributed by atoms with Crippen LogP contribution in [0, 0.1) is 0 Å². The Morgan fingerprint density at radius 2 is 0.509 bits per heavy atom. The van der Waals surface area contributed by atoms with Crippen molar-refractivity contribution in [3.8, 4) is 0 Å². The highest BCUT2D eigenvalue weighted by Crippen LogP contribution is 2.84. The van der Waals surface area contributed by atoms with Gasteiger partial charge in [0.25, 0.3) is 11.2 Å². The smallest absolute Gasteiger partial charge is 0.195 e. The molecule has 0 bridgehead atoms. The molecular weight excluding hydrogens is 907 g/mol. The summed E-state index contributed by atoms with van der Waals surface area (Å²) in [7, 11) is -7.82. The highest BCUT2D eigenvalue weighted by molar-refractivity contribution is 7.82. The third-order valence-electron chi connectivity index (χ3n) is 8.50. The van der Waals surface area contributed by atoms with Gasteiger partial charge in [-0.3, -0.25) is 0 Å². The predicted molar refractivity (Wildman–Crippen MR) is 128 cm³/mol. The van der Waals surface area contributed by atoms with Crippen LogP contribution in [0.4, 0.5) is 123 Å². The van der Waals surface area contributed by atoms with Gasteiger partial charge in [-0.25, -0.2) is 0 Å². The largest absolute Gasteiger partial charge is 0.460 e. The van der Waals surface area contributed by atoms with Crippen molar-refractivity contribution in [2.45, 2.75) is 83.3 Å². The lowest BCUT2D eigenvalue weighted by molar-refractivity contribution is -0.453. The van der Waals surface area contributed by atoms with Gasteiger partial charge < -0.3 is 0 Å². The first-order valence-corrected chi connectivity index (χ1v) is 15.3. The van der Waals surface area contributed by atoms with Gasteiger partial charge in [-0.05, 0) is 12.1 Å². The average molecular weight is 915 g/mol. The van der Waals surface area contributed by atoms with E-state index < -0.39 is 137 Å². The molecule has 0 aromatic heterocycles. The fraction of sp³-hybridized carbons (Fsp3) is 0.538. The molecule has 57 heavy (non-hydrogen) atoms. The summed E-state index contributed by atoms with van der Waals surface area (Å²) in [6.07, 6.45) is -32.7. The molecule has 2 heterocycles. The van der Waals surface area contributed by atoms with E-state index in [1.54, 1.807) is 0 Å². The van der Waals surface area contributed by atoms with Crippen molar-refractivity contribution >= 4 is 18.3 Å². The van der Waals surface area contributed by atoms with Gasteiger partial charge in [0.15, 0.2) is 10.6 Å². The molecule has 31 heteroatoms.